The number of carboxylic acid groups (broad SMARTS) is 1. The van der Waals surface area contributed by atoms with Gasteiger partial charge >= 0.3 is 11.9 Å². The summed E-state index contributed by atoms with van der Waals surface area (Å²) in [5.41, 5.74) is 1.29. The van der Waals surface area contributed by atoms with E-state index in [0.29, 0.717) is 28.7 Å². The van der Waals surface area contributed by atoms with Gasteiger partial charge in [0.05, 0.1) is 23.4 Å². The maximum atomic E-state index is 12.8. The molecule has 0 radical (unpaired) electrons. The molecule has 33 heavy (non-hydrogen) atoms. The number of benzene rings is 2. The van der Waals surface area contributed by atoms with Crippen LogP contribution in [0.4, 0.5) is 11.4 Å². The molecule has 0 bridgehead atoms. The summed E-state index contributed by atoms with van der Waals surface area (Å²) in [5.74, 6) is -2.19. The Kier molecular flexibility index (Phi) is 7.83. The number of anilines is 1. The predicted molar refractivity (Wildman–Crippen MR) is 125 cm³/mol. The van der Waals surface area contributed by atoms with E-state index in [1.165, 1.54) is 23.1 Å². The van der Waals surface area contributed by atoms with Crippen LogP contribution in [0.1, 0.15) is 41.0 Å². The van der Waals surface area contributed by atoms with E-state index in [1.54, 1.807) is 37.3 Å². The molecule has 1 fully saturated rings. The standard InChI is InChI=1S/C23H23N3O6S/c1-3-26-19(27)13-18(20(28)24-17-7-5-6-15(12-17)21(29)30)33-23(26)25-16-10-8-14(9-11-16)22(31)32-4-2/h5-12,18H,3-4,13H2,1-2H3,(H,24,28)(H,29,30)/t18-/m1/s1. The molecule has 1 saturated heterocycles. The lowest BCUT2D eigenvalue weighted by atomic mass is 10.2. The first-order valence-electron chi connectivity index (χ1n) is 10.3. The number of hydrogen-bond acceptors (Lipinski definition) is 7. The first-order valence-corrected chi connectivity index (χ1v) is 11.2. The van der Waals surface area contributed by atoms with Crippen molar-refractivity contribution in [1.29, 1.82) is 0 Å². The van der Waals surface area contributed by atoms with Gasteiger partial charge in [-0.15, -0.1) is 0 Å². The van der Waals surface area contributed by atoms with Crippen LogP contribution in [0.5, 0.6) is 0 Å². The Morgan fingerprint density at radius 2 is 1.88 bits per heavy atom. The largest absolute Gasteiger partial charge is 0.478 e. The molecule has 3 rings (SSSR count). The molecule has 10 heteroatoms. The number of aliphatic imine (C=N–C) groups is 1. The van der Waals surface area contributed by atoms with Crippen molar-refractivity contribution in [2.24, 2.45) is 4.99 Å². The predicted octanol–water partition coefficient (Wildman–Crippen LogP) is 3.54. The number of carbonyl (C=O) groups excluding carboxylic acids is 3. The normalized spacial score (nSPS) is 17.0. The Balaban J connectivity index is 1.78. The maximum absolute atomic E-state index is 12.8. The molecule has 2 aromatic carbocycles. The molecule has 0 unspecified atom stereocenters. The van der Waals surface area contributed by atoms with E-state index in [4.69, 9.17) is 9.84 Å². The molecule has 1 heterocycles. The van der Waals surface area contributed by atoms with Crippen LogP contribution >= 0.6 is 11.8 Å². The minimum Gasteiger partial charge on any atom is -0.478 e. The van der Waals surface area contributed by atoms with Gasteiger partial charge in [-0.2, -0.15) is 0 Å². The number of esters is 1. The second-order valence-electron chi connectivity index (χ2n) is 6.99. The number of rotatable bonds is 7. The Morgan fingerprint density at radius 3 is 2.52 bits per heavy atom. The number of hydrogen-bond donors (Lipinski definition) is 2. The highest BCUT2D eigenvalue weighted by Gasteiger charge is 2.35. The highest BCUT2D eigenvalue weighted by Crippen LogP contribution is 2.30. The summed E-state index contributed by atoms with van der Waals surface area (Å²) < 4.78 is 4.97. The summed E-state index contributed by atoms with van der Waals surface area (Å²) in [4.78, 5) is 54.5. The van der Waals surface area contributed by atoms with Gasteiger partial charge in [0.15, 0.2) is 5.17 Å². The van der Waals surface area contributed by atoms with Crippen molar-refractivity contribution in [1.82, 2.24) is 4.90 Å². The number of amidine groups is 1. The van der Waals surface area contributed by atoms with Crippen molar-refractivity contribution in [3.63, 3.8) is 0 Å². The van der Waals surface area contributed by atoms with Gasteiger partial charge in [-0.25, -0.2) is 14.6 Å². The molecule has 0 aromatic heterocycles. The van der Waals surface area contributed by atoms with Gasteiger partial charge in [0.25, 0.3) is 0 Å². The molecule has 2 amide bonds. The van der Waals surface area contributed by atoms with Gasteiger partial charge in [-0.1, -0.05) is 17.8 Å². The third-order valence-corrected chi connectivity index (χ3v) is 5.92. The van der Waals surface area contributed by atoms with Crippen molar-refractivity contribution in [2.45, 2.75) is 25.5 Å². The monoisotopic (exact) mass is 469 g/mol. The van der Waals surface area contributed by atoms with Crippen LogP contribution in [0.3, 0.4) is 0 Å². The minimum atomic E-state index is -1.10. The second kappa shape index (κ2) is 10.8. The number of nitrogens with zero attached hydrogens (tertiary/aromatic N) is 2. The topological polar surface area (TPSA) is 125 Å². The fourth-order valence-electron chi connectivity index (χ4n) is 3.10. The summed E-state index contributed by atoms with van der Waals surface area (Å²) >= 11 is 1.15. The van der Waals surface area contributed by atoms with Crippen LogP contribution in [0.2, 0.25) is 0 Å². The molecular weight excluding hydrogens is 446 g/mol. The van der Waals surface area contributed by atoms with Crippen LogP contribution in [0, 0.1) is 0 Å². The Morgan fingerprint density at radius 1 is 1.15 bits per heavy atom. The first-order chi connectivity index (χ1) is 15.8. The average Bonchev–Trinajstić information content (AvgIpc) is 2.79. The molecule has 2 N–H and O–H groups in total. The van der Waals surface area contributed by atoms with Crippen LogP contribution in [-0.4, -0.2) is 57.3 Å². The van der Waals surface area contributed by atoms with Crippen molar-refractivity contribution >= 4 is 52.1 Å². The fraction of sp³-hybridized carbons (Fsp3) is 0.261. The molecule has 0 spiro atoms. The highest BCUT2D eigenvalue weighted by molar-refractivity contribution is 8.15. The van der Waals surface area contributed by atoms with Gasteiger partial charge in [-0.3, -0.25) is 14.5 Å². The SMILES string of the molecule is CCOC(=O)c1ccc(N=C2S[C@@H](C(=O)Nc3cccc(C(=O)O)c3)CC(=O)N2CC)cc1. The van der Waals surface area contributed by atoms with Crippen molar-refractivity contribution in [2.75, 3.05) is 18.5 Å². The number of nitrogens with one attached hydrogen (secondary N) is 1. The smallest absolute Gasteiger partial charge is 0.338 e. The fourth-order valence-corrected chi connectivity index (χ4v) is 4.26. The van der Waals surface area contributed by atoms with E-state index < -0.39 is 23.1 Å². The molecule has 1 aliphatic heterocycles. The average molecular weight is 470 g/mol. The lowest BCUT2D eigenvalue weighted by Gasteiger charge is -2.30. The molecule has 0 saturated carbocycles. The van der Waals surface area contributed by atoms with Gasteiger partial charge in [-0.05, 0) is 56.3 Å². The minimum absolute atomic E-state index is 0.0101. The Bertz CT molecular complexity index is 1100. The molecule has 2 aromatic rings. The number of amides is 2. The quantitative estimate of drug-likeness (QED) is 0.594. The number of carbonyl (C=O) groups is 4. The van der Waals surface area contributed by atoms with Gasteiger partial charge in [0, 0.05) is 18.7 Å². The van der Waals surface area contributed by atoms with E-state index in [-0.39, 0.29) is 24.5 Å². The molecule has 172 valence electrons. The number of carboxylic acids is 1. The van der Waals surface area contributed by atoms with Crippen LogP contribution < -0.4 is 5.32 Å². The lowest BCUT2D eigenvalue weighted by molar-refractivity contribution is -0.129. The third-order valence-electron chi connectivity index (χ3n) is 4.73. The molecule has 9 nitrogen and oxygen atoms in total. The van der Waals surface area contributed by atoms with Crippen LogP contribution in [-0.2, 0) is 14.3 Å². The summed E-state index contributed by atoms with van der Waals surface area (Å²) in [6.07, 6.45) is -0.0101. The zero-order chi connectivity index (χ0) is 24.0. The summed E-state index contributed by atoms with van der Waals surface area (Å²) in [5, 5.41) is 11.4. The second-order valence-corrected chi connectivity index (χ2v) is 8.16. The van der Waals surface area contributed by atoms with Crippen molar-refractivity contribution in [3.8, 4) is 0 Å². The van der Waals surface area contributed by atoms with Crippen molar-refractivity contribution < 1.29 is 29.0 Å². The highest BCUT2D eigenvalue weighted by atomic mass is 32.2. The lowest BCUT2D eigenvalue weighted by Crippen LogP contribution is -2.45. The Labute approximate surface area is 194 Å². The summed E-state index contributed by atoms with van der Waals surface area (Å²) in [6.45, 7) is 4.21. The molecular formula is C23H23N3O6S. The van der Waals surface area contributed by atoms with Crippen molar-refractivity contribution in [3.05, 3.63) is 59.7 Å². The Hall–Kier alpha value is -3.66. The number of aromatic carboxylic acids is 1. The maximum Gasteiger partial charge on any atom is 0.338 e. The summed E-state index contributed by atoms with van der Waals surface area (Å²) in [7, 11) is 0. The van der Waals surface area contributed by atoms with E-state index >= 15 is 0 Å². The zero-order valence-corrected chi connectivity index (χ0v) is 18.9. The third kappa shape index (κ3) is 5.98. The summed E-state index contributed by atoms with van der Waals surface area (Å²) in [6, 6.07) is 12.3. The van der Waals surface area contributed by atoms with Gasteiger partial charge in [0.1, 0.15) is 5.25 Å². The van der Waals surface area contributed by atoms with E-state index in [0.717, 1.165) is 11.8 Å². The van der Waals surface area contributed by atoms with Crippen LogP contribution in [0.15, 0.2) is 53.5 Å². The molecule has 1 aliphatic rings. The molecule has 1 atom stereocenters. The van der Waals surface area contributed by atoms with Crippen LogP contribution in [0.25, 0.3) is 0 Å². The van der Waals surface area contributed by atoms with E-state index in [2.05, 4.69) is 10.3 Å². The van der Waals surface area contributed by atoms with E-state index in [9.17, 15) is 19.2 Å². The first kappa shape index (κ1) is 24.0. The zero-order valence-electron chi connectivity index (χ0n) is 18.1. The van der Waals surface area contributed by atoms with E-state index in [1.807, 2.05) is 6.92 Å². The molecule has 0 aliphatic carbocycles. The number of ether oxygens (including phenoxy) is 1. The van der Waals surface area contributed by atoms with Gasteiger partial charge in [0.2, 0.25) is 11.8 Å². The number of thioether (sulfide) groups is 1. The van der Waals surface area contributed by atoms with Gasteiger partial charge < -0.3 is 15.2 Å².